The van der Waals surface area contributed by atoms with Crippen LogP contribution in [-0.4, -0.2) is 42.7 Å². The number of fused-ring (bicyclic) bond motifs is 4. The molecule has 23 heavy (non-hydrogen) atoms. The lowest BCUT2D eigenvalue weighted by Gasteiger charge is -2.56. The van der Waals surface area contributed by atoms with Crippen LogP contribution in [0.5, 0.6) is 5.75 Å². The largest absolute Gasteiger partial charge is 0.508 e. The Balaban J connectivity index is 1.71. The number of hydrogen-bond donors (Lipinski definition) is 2. The zero-order valence-corrected chi connectivity index (χ0v) is 14.5. The molecule has 2 fully saturated rings. The van der Waals surface area contributed by atoms with E-state index in [2.05, 4.69) is 29.3 Å². The van der Waals surface area contributed by atoms with Gasteiger partial charge in [0.1, 0.15) is 5.75 Å². The maximum Gasteiger partial charge on any atom is 0.115 e. The summed E-state index contributed by atoms with van der Waals surface area (Å²) in [7, 11) is 2.05. The third-order valence-corrected chi connectivity index (χ3v) is 6.83. The molecule has 3 heteroatoms. The number of rotatable bonds is 5. The lowest BCUT2D eigenvalue weighted by molar-refractivity contribution is 0.0161. The highest BCUT2D eigenvalue weighted by molar-refractivity contribution is 5.44. The van der Waals surface area contributed by atoms with E-state index in [0.29, 0.717) is 17.7 Å². The smallest absolute Gasteiger partial charge is 0.115 e. The summed E-state index contributed by atoms with van der Waals surface area (Å²) in [5, 5.41) is 13.4. The van der Waals surface area contributed by atoms with Crippen LogP contribution < -0.4 is 5.32 Å². The van der Waals surface area contributed by atoms with Crippen molar-refractivity contribution in [2.45, 2.75) is 50.5 Å². The van der Waals surface area contributed by atoms with Crippen molar-refractivity contribution in [1.82, 2.24) is 10.2 Å². The molecule has 3 aliphatic rings. The molecule has 1 heterocycles. The van der Waals surface area contributed by atoms with Crippen molar-refractivity contribution in [1.29, 1.82) is 0 Å². The van der Waals surface area contributed by atoms with Crippen molar-refractivity contribution < 1.29 is 5.11 Å². The molecule has 2 N–H and O–H groups in total. The summed E-state index contributed by atoms with van der Waals surface area (Å²) in [5.41, 5.74) is 3.14. The maximum atomic E-state index is 10.1. The predicted molar refractivity (Wildman–Crippen MR) is 93.9 cm³/mol. The van der Waals surface area contributed by atoms with E-state index in [9.17, 15) is 5.11 Å². The first-order valence-corrected chi connectivity index (χ1v) is 9.35. The molecule has 0 amide bonds. The Morgan fingerprint density at radius 2 is 2.17 bits per heavy atom. The number of nitrogens with one attached hydrogen (secondary N) is 1. The van der Waals surface area contributed by atoms with E-state index in [1.165, 1.54) is 49.9 Å². The van der Waals surface area contributed by atoms with Gasteiger partial charge < -0.3 is 10.4 Å². The van der Waals surface area contributed by atoms with Crippen molar-refractivity contribution in [3.63, 3.8) is 0 Å². The van der Waals surface area contributed by atoms with Crippen LogP contribution in [0.4, 0.5) is 0 Å². The van der Waals surface area contributed by atoms with Gasteiger partial charge in [0.25, 0.3) is 0 Å². The number of hydrogen-bond acceptors (Lipinski definition) is 3. The highest BCUT2D eigenvalue weighted by atomic mass is 16.3. The Kier molecular flexibility index (Phi) is 3.89. The Bertz CT molecular complexity index is 583. The highest BCUT2D eigenvalue weighted by Crippen LogP contribution is 2.52. The number of nitrogens with zero attached hydrogens (tertiary/aromatic N) is 1. The number of benzene rings is 1. The summed E-state index contributed by atoms with van der Waals surface area (Å²) < 4.78 is 0. The van der Waals surface area contributed by atoms with Gasteiger partial charge in [-0.3, -0.25) is 4.90 Å². The van der Waals surface area contributed by atoms with E-state index in [1.54, 1.807) is 0 Å². The van der Waals surface area contributed by atoms with Crippen LogP contribution in [0.15, 0.2) is 18.2 Å². The molecule has 2 aliphatic carbocycles. The predicted octanol–water partition coefficient (Wildman–Crippen LogP) is 2.92. The van der Waals surface area contributed by atoms with Crippen LogP contribution in [0.3, 0.4) is 0 Å². The first kappa shape index (κ1) is 15.5. The fourth-order valence-corrected chi connectivity index (χ4v) is 5.23. The van der Waals surface area contributed by atoms with Crippen LogP contribution in [0, 0.1) is 11.8 Å². The standard InChI is InChI=1S/C20H30N2O/c1-14-19-11-16-5-6-17(23)12-18(16)20(14,7-9-21-2)8-10-22(19)13-15-3-4-15/h5-6,12,14-15,19,21,23H,3-4,7-11,13H2,1-2H3. The zero-order chi connectivity index (χ0) is 16.0. The maximum absolute atomic E-state index is 10.1. The monoisotopic (exact) mass is 314 g/mol. The Labute approximate surface area is 140 Å². The van der Waals surface area contributed by atoms with E-state index in [-0.39, 0.29) is 5.41 Å². The highest BCUT2D eigenvalue weighted by Gasteiger charge is 2.51. The molecule has 3 unspecified atom stereocenters. The van der Waals surface area contributed by atoms with Gasteiger partial charge in [0.2, 0.25) is 0 Å². The van der Waals surface area contributed by atoms with E-state index in [0.717, 1.165) is 18.9 Å². The van der Waals surface area contributed by atoms with E-state index >= 15 is 0 Å². The van der Waals surface area contributed by atoms with Gasteiger partial charge >= 0.3 is 0 Å². The zero-order valence-electron chi connectivity index (χ0n) is 14.5. The van der Waals surface area contributed by atoms with E-state index < -0.39 is 0 Å². The Morgan fingerprint density at radius 3 is 2.91 bits per heavy atom. The summed E-state index contributed by atoms with van der Waals surface area (Å²) in [5.74, 6) is 2.06. The first-order valence-electron chi connectivity index (χ1n) is 9.35. The van der Waals surface area contributed by atoms with Crippen molar-refractivity contribution in [2.24, 2.45) is 11.8 Å². The van der Waals surface area contributed by atoms with Gasteiger partial charge in [0.05, 0.1) is 0 Å². The topological polar surface area (TPSA) is 35.5 Å². The molecule has 0 aromatic heterocycles. The third-order valence-electron chi connectivity index (χ3n) is 6.83. The minimum atomic E-state index is 0.236. The summed E-state index contributed by atoms with van der Waals surface area (Å²) in [4.78, 5) is 2.79. The lowest BCUT2D eigenvalue weighted by atomic mass is 9.56. The molecule has 3 atom stereocenters. The number of likely N-dealkylation sites (tertiary alicyclic amines) is 1. The molecule has 1 saturated heterocycles. The van der Waals surface area contributed by atoms with Gasteiger partial charge in [-0.05, 0) is 87.3 Å². The molecule has 1 saturated carbocycles. The second kappa shape index (κ2) is 5.78. The summed E-state index contributed by atoms with van der Waals surface area (Å²) in [6.45, 7) is 6.05. The van der Waals surface area contributed by atoms with Gasteiger partial charge in [-0.2, -0.15) is 0 Å². The Hall–Kier alpha value is -1.06. The molecule has 126 valence electrons. The molecule has 2 bridgehead atoms. The molecule has 4 rings (SSSR count). The fourth-order valence-electron chi connectivity index (χ4n) is 5.23. The Morgan fingerprint density at radius 1 is 1.35 bits per heavy atom. The third kappa shape index (κ3) is 2.58. The van der Waals surface area contributed by atoms with Crippen LogP contribution in [-0.2, 0) is 11.8 Å². The quantitative estimate of drug-likeness (QED) is 0.877. The van der Waals surface area contributed by atoms with E-state index in [1.807, 2.05) is 13.1 Å². The minimum absolute atomic E-state index is 0.236. The number of piperidine rings is 1. The average Bonchev–Trinajstić information content (AvgIpc) is 3.35. The van der Waals surface area contributed by atoms with Crippen LogP contribution in [0.2, 0.25) is 0 Å². The summed E-state index contributed by atoms with van der Waals surface area (Å²) in [6, 6.07) is 6.80. The van der Waals surface area contributed by atoms with Gasteiger partial charge in [-0.1, -0.05) is 13.0 Å². The number of phenols is 1. The van der Waals surface area contributed by atoms with Gasteiger partial charge in [0, 0.05) is 18.0 Å². The molecule has 1 aromatic rings. The number of phenolic OH excluding ortho intramolecular Hbond substituents is 1. The SMILES string of the molecule is CNCCC12CCN(CC3CC3)C(Cc3ccc(O)cc31)C2C. The first-order chi connectivity index (χ1) is 11.1. The summed E-state index contributed by atoms with van der Waals surface area (Å²) in [6.07, 6.45) is 6.44. The van der Waals surface area contributed by atoms with Gasteiger partial charge in [-0.15, -0.1) is 0 Å². The number of aromatic hydroxyl groups is 1. The summed E-state index contributed by atoms with van der Waals surface area (Å²) >= 11 is 0. The van der Waals surface area contributed by atoms with Crippen molar-refractivity contribution in [3.05, 3.63) is 29.3 Å². The average molecular weight is 314 g/mol. The van der Waals surface area contributed by atoms with Gasteiger partial charge in [0.15, 0.2) is 0 Å². The van der Waals surface area contributed by atoms with Crippen LogP contribution >= 0.6 is 0 Å². The molecule has 3 nitrogen and oxygen atoms in total. The second-order valence-electron chi connectivity index (χ2n) is 8.10. The van der Waals surface area contributed by atoms with Crippen molar-refractivity contribution in [3.8, 4) is 5.75 Å². The lowest BCUT2D eigenvalue weighted by Crippen LogP contribution is -2.59. The molecular weight excluding hydrogens is 284 g/mol. The molecule has 1 aliphatic heterocycles. The van der Waals surface area contributed by atoms with E-state index in [4.69, 9.17) is 0 Å². The molecule has 0 radical (unpaired) electrons. The van der Waals surface area contributed by atoms with Gasteiger partial charge in [-0.25, -0.2) is 0 Å². The minimum Gasteiger partial charge on any atom is -0.508 e. The molecule has 0 spiro atoms. The van der Waals surface area contributed by atoms with Crippen LogP contribution in [0.25, 0.3) is 0 Å². The normalized spacial score (nSPS) is 33.5. The fraction of sp³-hybridized carbons (Fsp3) is 0.700. The van der Waals surface area contributed by atoms with Crippen molar-refractivity contribution in [2.75, 3.05) is 26.7 Å². The molecule has 1 aromatic carbocycles. The molecular formula is C20H30N2O. The van der Waals surface area contributed by atoms with Crippen molar-refractivity contribution >= 4 is 0 Å². The van der Waals surface area contributed by atoms with Crippen LogP contribution in [0.1, 0.15) is 43.7 Å². The second-order valence-corrected chi connectivity index (χ2v) is 8.10.